The minimum absolute atomic E-state index is 0.216. The fraction of sp³-hybridized carbons (Fsp3) is 1.00. The van der Waals surface area contributed by atoms with E-state index >= 15 is 0 Å². The van der Waals surface area contributed by atoms with E-state index in [0.29, 0.717) is 0 Å². The fourth-order valence-electron chi connectivity index (χ4n) is 0.493. The topological polar surface area (TPSA) is 12.0 Å². The van der Waals surface area contributed by atoms with E-state index in [2.05, 4.69) is 25.7 Å². The van der Waals surface area contributed by atoms with Crippen LogP contribution in [0.5, 0.6) is 0 Å². The van der Waals surface area contributed by atoms with Gasteiger partial charge in [-0.25, -0.2) is 0 Å². The molecule has 0 radical (unpaired) electrons. The quantitative estimate of drug-likeness (QED) is 0.519. The lowest BCUT2D eigenvalue weighted by atomic mass is 10.7. The van der Waals surface area contributed by atoms with E-state index in [1.54, 1.807) is 0 Å². The Morgan fingerprint density at radius 1 is 1.71 bits per heavy atom. The first-order valence-corrected chi connectivity index (χ1v) is 5.27. The second-order valence-corrected chi connectivity index (χ2v) is 3.91. The number of hydrogen-bond acceptors (Lipinski definition) is 1. The zero-order valence-electron chi connectivity index (χ0n) is 5.49. The second kappa shape index (κ2) is 4.34. The summed E-state index contributed by atoms with van der Waals surface area (Å²) < 4.78 is 0. The molecule has 0 amide bonds. The summed E-state index contributed by atoms with van der Waals surface area (Å²) >= 11 is 0. The number of nitrogens with one attached hydrogen (secondary N) is 1. The molecule has 0 bridgehead atoms. The van der Waals surface area contributed by atoms with Gasteiger partial charge in [-0.1, -0.05) is 20.4 Å². The first kappa shape index (κ1) is 7.18. The van der Waals surface area contributed by atoms with Crippen LogP contribution in [0.1, 0.15) is 13.8 Å². The molecule has 1 N–H and O–H groups in total. The van der Waals surface area contributed by atoms with E-state index in [0.717, 1.165) is 12.2 Å². The Labute approximate surface area is 48.3 Å². The van der Waals surface area contributed by atoms with Crippen LogP contribution in [0, 0.1) is 0 Å². The molecule has 0 aromatic heterocycles. The van der Waals surface area contributed by atoms with Gasteiger partial charge in [-0.15, -0.1) is 0 Å². The van der Waals surface area contributed by atoms with E-state index in [9.17, 15) is 0 Å². The van der Waals surface area contributed by atoms with Gasteiger partial charge in [-0.3, -0.25) is 0 Å². The summed E-state index contributed by atoms with van der Waals surface area (Å²) in [6, 6.07) is 0. The van der Waals surface area contributed by atoms with Crippen LogP contribution in [0.3, 0.4) is 0 Å². The monoisotopic (exact) mass is 117 g/mol. The van der Waals surface area contributed by atoms with Crippen LogP contribution in [0.4, 0.5) is 0 Å². The molecule has 0 saturated carbocycles. The molecular weight excluding hydrogens is 102 g/mol. The van der Waals surface area contributed by atoms with Crippen molar-refractivity contribution in [2.24, 2.45) is 0 Å². The van der Waals surface area contributed by atoms with Crippen LogP contribution in [0.25, 0.3) is 0 Å². The van der Waals surface area contributed by atoms with Crippen LogP contribution >= 0.6 is 0 Å². The third-order valence-electron chi connectivity index (χ3n) is 1.16. The van der Waals surface area contributed by atoms with Gasteiger partial charge in [-0.2, -0.15) is 0 Å². The van der Waals surface area contributed by atoms with Crippen LogP contribution in [0.15, 0.2) is 0 Å². The molecule has 0 aromatic rings. The van der Waals surface area contributed by atoms with Crippen molar-refractivity contribution in [2.45, 2.75) is 26.1 Å². The molecule has 0 fully saturated rings. The lowest BCUT2D eigenvalue weighted by Crippen LogP contribution is -2.29. The lowest BCUT2D eigenvalue weighted by Gasteiger charge is -2.05. The van der Waals surface area contributed by atoms with Gasteiger partial charge in [0.05, 0.1) is 0 Å². The van der Waals surface area contributed by atoms with Crippen LogP contribution in [0.2, 0.25) is 6.55 Å². The molecule has 7 heavy (non-hydrogen) atoms. The highest BCUT2D eigenvalue weighted by atomic mass is 28.2. The molecule has 0 rings (SSSR count). The van der Waals surface area contributed by atoms with Crippen LogP contribution in [-0.4, -0.2) is 21.7 Å². The van der Waals surface area contributed by atoms with Crippen molar-refractivity contribution in [3.8, 4) is 0 Å². The Hall–Kier alpha value is 0.177. The molecule has 0 aliphatic heterocycles. The van der Waals surface area contributed by atoms with Gasteiger partial charge in [0.2, 0.25) is 0 Å². The SMILES string of the molecule is CCNC(C)[SiH2]C. The van der Waals surface area contributed by atoms with Crippen molar-refractivity contribution in [3.05, 3.63) is 0 Å². The summed E-state index contributed by atoms with van der Waals surface area (Å²) in [7, 11) is 0.216. The van der Waals surface area contributed by atoms with Crippen molar-refractivity contribution < 1.29 is 0 Å². The van der Waals surface area contributed by atoms with Crippen molar-refractivity contribution in [1.82, 2.24) is 5.32 Å². The largest absolute Gasteiger partial charge is 0.318 e. The van der Waals surface area contributed by atoms with Gasteiger partial charge in [0, 0.05) is 9.52 Å². The second-order valence-electron chi connectivity index (χ2n) is 1.87. The van der Waals surface area contributed by atoms with Gasteiger partial charge < -0.3 is 5.32 Å². The molecule has 1 atom stereocenters. The molecule has 1 nitrogen and oxygen atoms in total. The summed E-state index contributed by atoms with van der Waals surface area (Å²) in [4.78, 5) is 0. The van der Waals surface area contributed by atoms with E-state index in [4.69, 9.17) is 0 Å². The molecule has 0 aliphatic carbocycles. The Kier molecular flexibility index (Phi) is 4.45. The Balaban J connectivity index is 2.83. The Bertz CT molecular complexity index is 39.1. The third-order valence-corrected chi connectivity index (χ3v) is 2.68. The number of hydrogen-bond donors (Lipinski definition) is 1. The Morgan fingerprint density at radius 2 is 2.29 bits per heavy atom. The highest BCUT2D eigenvalue weighted by molar-refractivity contribution is 6.35. The maximum absolute atomic E-state index is 3.36. The summed E-state index contributed by atoms with van der Waals surface area (Å²) in [5.41, 5.74) is 0.838. The zero-order chi connectivity index (χ0) is 5.70. The van der Waals surface area contributed by atoms with Crippen LogP contribution in [-0.2, 0) is 0 Å². The highest BCUT2D eigenvalue weighted by Gasteiger charge is 1.91. The van der Waals surface area contributed by atoms with Gasteiger partial charge in [0.1, 0.15) is 0 Å². The van der Waals surface area contributed by atoms with E-state index in [-0.39, 0.29) is 9.52 Å². The molecule has 1 unspecified atom stereocenters. The Morgan fingerprint density at radius 3 is 2.43 bits per heavy atom. The molecule has 2 heteroatoms. The molecular formula is C5H15NSi. The summed E-state index contributed by atoms with van der Waals surface area (Å²) in [5, 5.41) is 3.36. The first-order chi connectivity index (χ1) is 3.31. The average molecular weight is 117 g/mol. The molecule has 0 aliphatic rings. The van der Waals surface area contributed by atoms with E-state index in [1.165, 1.54) is 0 Å². The first-order valence-electron chi connectivity index (χ1n) is 3.04. The van der Waals surface area contributed by atoms with Crippen molar-refractivity contribution in [3.63, 3.8) is 0 Å². The van der Waals surface area contributed by atoms with Gasteiger partial charge in [0.25, 0.3) is 0 Å². The van der Waals surface area contributed by atoms with E-state index < -0.39 is 0 Å². The smallest absolute Gasteiger partial charge is 0.0370 e. The van der Waals surface area contributed by atoms with Gasteiger partial charge >= 0.3 is 0 Å². The predicted octanol–water partition coefficient (Wildman–Crippen LogP) is 0.159. The molecule has 44 valence electrons. The third kappa shape index (κ3) is 4.02. The van der Waals surface area contributed by atoms with Crippen molar-refractivity contribution in [1.29, 1.82) is 0 Å². The van der Waals surface area contributed by atoms with Crippen LogP contribution < -0.4 is 5.32 Å². The molecule has 0 saturated heterocycles. The van der Waals surface area contributed by atoms with Gasteiger partial charge in [0.15, 0.2) is 0 Å². The average Bonchev–Trinajstić information content (AvgIpc) is 1.68. The number of rotatable bonds is 3. The minimum Gasteiger partial charge on any atom is -0.318 e. The summed E-state index contributed by atoms with van der Waals surface area (Å²) in [6.07, 6.45) is 0. The van der Waals surface area contributed by atoms with Crippen molar-refractivity contribution in [2.75, 3.05) is 6.54 Å². The minimum atomic E-state index is 0.216. The maximum Gasteiger partial charge on any atom is 0.0370 e. The standard InChI is InChI=1S/C5H15NSi/c1-4-6-5(2)7-3/h5-6H,4,7H2,1-3H3. The molecule has 0 heterocycles. The highest BCUT2D eigenvalue weighted by Crippen LogP contribution is 1.73. The summed E-state index contributed by atoms with van der Waals surface area (Å²) in [5.74, 6) is 0. The summed E-state index contributed by atoms with van der Waals surface area (Å²) in [6.45, 7) is 7.87. The van der Waals surface area contributed by atoms with Gasteiger partial charge in [-0.05, 0) is 12.2 Å². The maximum atomic E-state index is 3.36. The molecule has 0 spiro atoms. The predicted molar refractivity (Wildman–Crippen MR) is 37.5 cm³/mol. The van der Waals surface area contributed by atoms with E-state index in [1.807, 2.05) is 0 Å². The molecule has 0 aromatic carbocycles. The fourth-order valence-corrected chi connectivity index (χ4v) is 1.07. The zero-order valence-corrected chi connectivity index (χ0v) is 6.91. The normalized spacial score (nSPS) is 15.9. The van der Waals surface area contributed by atoms with Crippen molar-refractivity contribution >= 4 is 9.52 Å². The lowest BCUT2D eigenvalue weighted by molar-refractivity contribution is 0.705.